The van der Waals surface area contributed by atoms with Gasteiger partial charge in [0.05, 0.1) is 5.54 Å². The molecule has 1 aliphatic carbocycles. The van der Waals surface area contributed by atoms with Gasteiger partial charge in [-0.25, -0.2) is 4.98 Å². The molecule has 0 spiro atoms. The van der Waals surface area contributed by atoms with Crippen molar-refractivity contribution >= 4 is 11.3 Å². The summed E-state index contributed by atoms with van der Waals surface area (Å²) in [6.07, 6.45) is 7.09. The molecule has 1 aliphatic rings. The van der Waals surface area contributed by atoms with E-state index in [-0.39, 0.29) is 5.54 Å². The molecule has 0 saturated heterocycles. The van der Waals surface area contributed by atoms with Crippen molar-refractivity contribution in [1.29, 1.82) is 0 Å². The molecule has 1 atom stereocenters. The normalized spacial score (nSPS) is 21.5. The van der Waals surface area contributed by atoms with Crippen LogP contribution in [0, 0.1) is 5.92 Å². The van der Waals surface area contributed by atoms with Crippen molar-refractivity contribution < 1.29 is 0 Å². The second-order valence-electron chi connectivity index (χ2n) is 5.30. The molecule has 16 heavy (non-hydrogen) atoms. The van der Waals surface area contributed by atoms with Crippen molar-refractivity contribution in [3.05, 3.63) is 16.6 Å². The summed E-state index contributed by atoms with van der Waals surface area (Å²) in [7, 11) is 0. The van der Waals surface area contributed by atoms with Crippen LogP contribution < -0.4 is 5.32 Å². The first-order valence-electron chi connectivity index (χ1n) is 6.32. The number of aromatic nitrogens is 1. The summed E-state index contributed by atoms with van der Waals surface area (Å²) in [5.74, 6) is 0.678. The molecule has 0 aromatic carbocycles. The quantitative estimate of drug-likeness (QED) is 0.867. The maximum atomic E-state index is 4.54. The van der Waals surface area contributed by atoms with Crippen LogP contribution in [0.3, 0.4) is 0 Å². The van der Waals surface area contributed by atoms with Crippen molar-refractivity contribution in [1.82, 2.24) is 10.3 Å². The van der Waals surface area contributed by atoms with E-state index in [9.17, 15) is 0 Å². The third-order valence-corrected chi connectivity index (χ3v) is 4.78. The molecule has 1 aromatic heterocycles. The van der Waals surface area contributed by atoms with Gasteiger partial charge in [-0.15, -0.1) is 11.3 Å². The first-order valence-corrected chi connectivity index (χ1v) is 7.20. The minimum atomic E-state index is 0.178. The highest BCUT2D eigenvalue weighted by Crippen LogP contribution is 2.40. The summed E-state index contributed by atoms with van der Waals surface area (Å²) in [6, 6.07) is 0.557. The van der Waals surface area contributed by atoms with E-state index in [1.165, 1.54) is 30.7 Å². The SMILES string of the molecule is CC(C)C(C)NC1(c2nccs2)CCCC1. The first kappa shape index (κ1) is 12.1. The zero-order valence-electron chi connectivity index (χ0n) is 10.5. The van der Waals surface area contributed by atoms with Crippen LogP contribution in [-0.2, 0) is 5.54 Å². The Balaban J connectivity index is 2.17. The van der Waals surface area contributed by atoms with Gasteiger partial charge < -0.3 is 5.32 Å². The van der Waals surface area contributed by atoms with Crippen molar-refractivity contribution in [2.45, 2.75) is 58.0 Å². The second-order valence-corrected chi connectivity index (χ2v) is 6.20. The van der Waals surface area contributed by atoms with E-state index in [2.05, 4.69) is 36.5 Å². The van der Waals surface area contributed by atoms with E-state index in [4.69, 9.17) is 0 Å². The molecule has 90 valence electrons. The third-order valence-electron chi connectivity index (χ3n) is 3.80. The van der Waals surface area contributed by atoms with Gasteiger partial charge in [-0.05, 0) is 25.7 Å². The number of rotatable bonds is 4. The van der Waals surface area contributed by atoms with E-state index >= 15 is 0 Å². The van der Waals surface area contributed by atoms with Crippen LogP contribution in [0.15, 0.2) is 11.6 Å². The lowest BCUT2D eigenvalue weighted by Gasteiger charge is -2.33. The smallest absolute Gasteiger partial charge is 0.113 e. The molecule has 1 fully saturated rings. The molecule has 1 heterocycles. The third kappa shape index (κ3) is 2.30. The Labute approximate surface area is 102 Å². The Kier molecular flexibility index (Phi) is 3.65. The van der Waals surface area contributed by atoms with E-state index < -0.39 is 0 Å². The van der Waals surface area contributed by atoms with E-state index in [0.717, 1.165) is 0 Å². The van der Waals surface area contributed by atoms with Gasteiger partial charge in [0.1, 0.15) is 5.01 Å². The van der Waals surface area contributed by atoms with E-state index in [1.807, 2.05) is 6.20 Å². The van der Waals surface area contributed by atoms with Gasteiger partial charge in [-0.2, -0.15) is 0 Å². The van der Waals surface area contributed by atoms with E-state index in [1.54, 1.807) is 11.3 Å². The fraction of sp³-hybridized carbons (Fsp3) is 0.769. The lowest BCUT2D eigenvalue weighted by Crippen LogP contribution is -2.46. The summed E-state index contributed by atoms with van der Waals surface area (Å²) < 4.78 is 0. The molecule has 3 heteroatoms. The summed E-state index contributed by atoms with van der Waals surface area (Å²) in [6.45, 7) is 6.85. The van der Waals surface area contributed by atoms with Gasteiger partial charge in [0.15, 0.2) is 0 Å². The average molecular weight is 238 g/mol. The Morgan fingerprint density at radius 2 is 2.00 bits per heavy atom. The fourth-order valence-corrected chi connectivity index (χ4v) is 3.32. The summed E-state index contributed by atoms with van der Waals surface area (Å²) >= 11 is 1.80. The number of thiazole rings is 1. The topological polar surface area (TPSA) is 24.9 Å². The fourth-order valence-electron chi connectivity index (χ4n) is 2.46. The zero-order valence-corrected chi connectivity index (χ0v) is 11.3. The molecular formula is C13H22N2S. The van der Waals surface area contributed by atoms with Crippen molar-refractivity contribution in [3.63, 3.8) is 0 Å². The van der Waals surface area contributed by atoms with Gasteiger partial charge in [0.2, 0.25) is 0 Å². The van der Waals surface area contributed by atoms with E-state index in [0.29, 0.717) is 12.0 Å². The highest BCUT2D eigenvalue weighted by atomic mass is 32.1. The zero-order chi connectivity index (χ0) is 11.6. The molecule has 0 radical (unpaired) electrons. The monoisotopic (exact) mass is 238 g/mol. The molecule has 1 N–H and O–H groups in total. The van der Waals surface area contributed by atoms with Gasteiger partial charge in [-0.3, -0.25) is 0 Å². The number of nitrogens with one attached hydrogen (secondary N) is 1. The van der Waals surface area contributed by atoms with Crippen LogP contribution in [0.4, 0.5) is 0 Å². The summed E-state index contributed by atoms with van der Waals surface area (Å²) in [4.78, 5) is 4.54. The Hall–Kier alpha value is -0.410. The van der Waals surface area contributed by atoms with Crippen LogP contribution >= 0.6 is 11.3 Å². The summed E-state index contributed by atoms with van der Waals surface area (Å²) in [5, 5.41) is 7.23. The van der Waals surface area contributed by atoms with Crippen LogP contribution in [0.2, 0.25) is 0 Å². The summed E-state index contributed by atoms with van der Waals surface area (Å²) in [5.41, 5.74) is 0.178. The van der Waals surface area contributed by atoms with Crippen LogP contribution in [0.1, 0.15) is 51.5 Å². The molecule has 0 amide bonds. The minimum absolute atomic E-state index is 0.178. The maximum absolute atomic E-state index is 4.54. The lowest BCUT2D eigenvalue weighted by atomic mass is 9.94. The van der Waals surface area contributed by atoms with Gasteiger partial charge in [0, 0.05) is 17.6 Å². The Bertz CT molecular complexity index is 313. The first-order chi connectivity index (χ1) is 7.64. The van der Waals surface area contributed by atoms with Gasteiger partial charge >= 0.3 is 0 Å². The van der Waals surface area contributed by atoms with Gasteiger partial charge in [-0.1, -0.05) is 26.7 Å². The lowest BCUT2D eigenvalue weighted by molar-refractivity contribution is 0.266. The van der Waals surface area contributed by atoms with Crippen molar-refractivity contribution in [3.8, 4) is 0 Å². The number of nitrogens with zero attached hydrogens (tertiary/aromatic N) is 1. The van der Waals surface area contributed by atoms with Crippen LogP contribution in [-0.4, -0.2) is 11.0 Å². The van der Waals surface area contributed by atoms with Gasteiger partial charge in [0.25, 0.3) is 0 Å². The molecule has 1 unspecified atom stereocenters. The second kappa shape index (κ2) is 4.84. The molecule has 1 aromatic rings. The predicted molar refractivity (Wildman–Crippen MR) is 69.7 cm³/mol. The van der Waals surface area contributed by atoms with Crippen molar-refractivity contribution in [2.75, 3.05) is 0 Å². The number of hydrogen-bond donors (Lipinski definition) is 1. The minimum Gasteiger partial charge on any atom is -0.303 e. The largest absolute Gasteiger partial charge is 0.303 e. The number of hydrogen-bond acceptors (Lipinski definition) is 3. The predicted octanol–water partition coefficient (Wildman–Crippen LogP) is 3.55. The maximum Gasteiger partial charge on any atom is 0.113 e. The highest BCUT2D eigenvalue weighted by molar-refractivity contribution is 7.09. The van der Waals surface area contributed by atoms with Crippen molar-refractivity contribution in [2.24, 2.45) is 5.92 Å². The van der Waals surface area contributed by atoms with Crippen LogP contribution in [0.25, 0.3) is 0 Å². The standard InChI is InChI=1S/C13H22N2S/c1-10(2)11(3)15-13(6-4-5-7-13)12-14-8-9-16-12/h8-11,15H,4-7H2,1-3H3. The molecular weight excluding hydrogens is 216 g/mol. The molecule has 0 aliphatic heterocycles. The molecule has 0 bridgehead atoms. The van der Waals surface area contributed by atoms with Crippen LogP contribution in [0.5, 0.6) is 0 Å². The Morgan fingerprint density at radius 1 is 1.31 bits per heavy atom. The molecule has 2 nitrogen and oxygen atoms in total. The Morgan fingerprint density at radius 3 is 2.50 bits per heavy atom. The average Bonchev–Trinajstić information content (AvgIpc) is 2.87. The molecule has 1 saturated carbocycles. The molecule has 2 rings (SSSR count). The highest BCUT2D eigenvalue weighted by Gasteiger charge is 2.38.